The molecule has 57 valence electrons. The number of hydrogen-bond acceptors (Lipinski definition) is 1. The van der Waals surface area contributed by atoms with Gasteiger partial charge in [-0.05, 0) is 12.8 Å². The van der Waals surface area contributed by atoms with E-state index in [0.717, 1.165) is 13.0 Å². The molecule has 0 atom stereocenters. The van der Waals surface area contributed by atoms with Crippen molar-refractivity contribution < 1.29 is 9.90 Å². The molecule has 0 saturated carbocycles. The van der Waals surface area contributed by atoms with Gasteiger partial charge in [-0.1, -0.05) is 0 Å². The Morgan fingerprint density at radius 1 is 1.50 bits per heavy atom. The first kappa shape index (κ1) is 7.54. The van der Waals surface area contributed by atoms with Gasteiger partial charge >= 0.3 is 0 Å². The SMILES string of the molecule is [O]CCCN1CCCC1=O. The van der Waals surface area contributed by atoms with Crippen LogP contribution in [0, 0.1) is 0 Å². The fourth-order valence-electron chi connectivity index (χ4n) is 1.20. The zero-order chi connectivity index (χ0) is 7.40. The van der Waals surface area contributed by atoms with Crippen LogP contribution in [0.4, 0.5) is 0 Å². The molecule has 3 nitrogen and oxygen atoms in total. The van der Waals surface area contributed by atoms with E-state index < -0.39 is 0 Å². The maximum absolute atomic E-state index is 10.9. The first-order chi connectivity index (χ1) is 4.84. The normalized spacial score (nSPS) is 18.5. The minimum absolute atomic E-state index is 0.0657. The quantitative estimate of drug-likeness (QED) is 0.563. The van der Waals surface area contributed by atoms with E-state index in [1.165, 1.54) is 0 Å². The van der Waals surface area contributed by atoms with Crippen LogP contribution in [0.2, 0.25) is 0 Å². The third-order valence-corrected chi connectivity index (χ3v) is 1.74. The van der Waals surface area contributed by atoms with Crippen molar-refractivity contribution in [2.75, 3.05) is 19.7 Å². The topological polar surface area (TPSA) is 40.2 Å². The van der Waals surface area contributed by atoms with Crippen LogP contribution < -0.4 is 0 Å². The number of nitrogens with zero attached hydrogens (tertiary/aromatic N) is 1. The number of rotatable bonds is 3. The van der Waals surface area contributed by atoms with E-state index in [9.17, 15) is 9.90 Å². The lowest BCUT2D eigenvalue weighted by atomic mass is 10.4. The Balaban J connectivity index is 2.20. The molecular weight excluding hydrogens is 130 g/mol. The number of likely N-dealkylation sites (tertiary alicyclic amines) is 1. The average Bonchev–Trinajstić information content (AvgIpc) is 2.31. The van der Waals surface area contributed by atoms with Crippen LogP contribution in [0.3, 0.4) is 0 Å². The van der Waals surface area contributed by atoms with Crippen molar-refractivity contribution in [2.45, 2.75) is 19.3 Å². The summed E-state index contributed by atoms with van der Waals surface area (Å²) in [5.74, 6) is 0.216. The van der Waals surface area contributed by atoms with Gasteiger partial charge in [0.1, 0.15) is 0 Å². The van der Waals surface area contributed by atoms with Gasteiger partial charge in [0.2, 0.25) is 5.91 Å². The minimum atomic E-state index is -0.0657. The Bertz CT molecular complexity index is 125. The minimum Gasteiger partial charge on any atom is -0.343 e. The van der Waals surface area contributed by atoms with Crippen LogP contribution >= 0.6 is 0 Å². The molecule has 0 aromatic rings. The van der Waals surface area contributed by atoms with E-state index in [0.29, 0.717) is 19.4 Å². The molecule has 0 aromatic heterocycles. The molecule has 10 heavy (non-hydrogen) atoms. The number of carbonyl (C=O) groups is 1. The summed E-state index contributed by atoms with van der Waals surface area (Å²) >= 11 is 0. The van der Waals surface area contributed by atoms with E-state index in [4.69, 9.17) is 0 Å². The van der Waals surface area contributed by atoms with Gasteiger partial charge in [0.25, 0.3) is 0 Å². The average molecular weight is 142 g/mol. The predicted octanol–water partition coefficient (Wildman–Crippen LogP) is 0.429. The highest BCUT2D eigenvalue weighted by molar-refractivity contribution is 5.77. The van der Waals surface area contributed by atoms with Gasteiger partial charge in [-0.3, -0.25) is 4.79 Å². The van der Waals surface area contributed by atoms with Crippen molar-refractivity contribution in [3.63, 3.8) is 0 Å². The smallest absolute Gasteiger partial charge is 0.222 e. The predicted molar refractivity (Wildman–Crippen MR) is 36.0 cm³/mol. The molecule has 1 rings (SSSR count). The number of amides is 1. The van der Waals surface area contributed by atoms with Crippen molar-refractivity contribution in [1.82, 2.24) is 4.90 Å². The van der Waals surface area contributed by atoms with E-state index in [1.54, 1.807) is 4.90 Å². The third kappa shape index (κ3) is 1.70. The van der Waals surface area contributed by atoms with Gasteiger partial charge in [-0.2, -0.15) is 0 Å². The van der Waals surface area contributed by atoms with Crippen molar-refractivity contribution >= 4 is 5.91 Å². The molecule has 1 saturated heterocycles. The fraction of sp³-hybridized carbons (Fsp3) is 0.857. The second-order valence-corrected chi connectivity index (χ2v) is 2.54. The van der Waals surface area contributed by atoms with Crippen LogP contribution in [-0.4, -0.2) is 30.5 Å². The van der Waals surface area contributed by atoms with Crippen LogP contribution in [0.1, 0.15) is 19.3 Å². The molecule has 0 bridgehead atoms. The lowest BCUT2D eigenvalue weighted by molar-refractivity contribution is -0.127. The summed E-state index contributed by atoms with van der Waals surface area (Å²) in [7, 11) is 0. The zero-order valence-corrected chi connectivity index (χ0v) is 6.01. The Morgan fingerprint density at radius 3 is 2.80 bits per heavy atom. The van der Waals surface area contributed by atoms with E-state index >= 15 is 0 Å². The molecule has 1 aliphatic heterocycles. The summed E-state index contributed by atoms with van der Waals surface area (Å²) in [6, 6.07) is 0. The first-order valence-electron chi connectivity index (χ1n) is 3.70. The maximum Gasteiger partial charge on any atom is 0.222 e. The Hall–Kier alpha value is -0.570. The van der Waals surface area contributed by atoms with Crippen LogP contribution in [-0.2, 0) is 9.90 Å². The number of hydrogen-bond donors (Lipinski definition) is 0. The lowest BCUT2D eigenvalue weighted by Crippen LogP contribution is -2.25. The number of carbonyl (C=O) groups excluding carboxylic acids is 1. The lowest BCUT2D eigenvalue weighted by Gasteiger charge is -2.13. The maximum atomic E-state index is 10.9. The summed E-state index contributed by atoms with van der Waals surface area (Å²) in [6.07, 6.45) is 2.25. The highest BCUT2D eigenvalue weighted by Gasteiger charge is 2.18. The highest BCUT2D eigenvalue weighted by atomic mass is 16.3. The van der Waals surface area contributed by atoms with Crippen molar-refractivity contribution in [1.29, 1.82) is 0 Å². The molecule has 1 fully saturated rings. The van der Waals surface area contributed by atoms with Gasteiger partial charge in [0.05, 0.1) is 6.61 Å². The van der Waals surface area contributed by atoms with Gasteiger partial charge < -0.3 is 4.90 Å². The molecule has 0 unspecified atom stereocenters. The molecule has 1 heterocycles. The largest absolute Gasteiger partial charge is 0.343 e. The van der Waals surface area contributed by atoms with Gasteiger partial charge in [0.15, 0.2) is 0 Å². The Morgan fingerprint density at radius 2 is 2.30 bits per heavy atom. The van der Waals surface area contributed by atoms with Crippen LogP contribution in [0.25, 0.3) is 0 Å². The molecule has 0 spiro atoms. The molecule has 1 aliphatic rings. The molecule has 3 heteroatoms. The summed E-state index contributed by atoms with van der Waals surface area (Å²) in [6.45, 7) is 1.46. The van der Waals surface area contributed by atoms with Crippen molar-refractivity contribution in [3.05, 3.63) is 0 Å². The standard InChI is InChI=1S/C7H12NO2/c9-6-2-5-8-4-1-3-7(8)10/h1-6H2. The second-order valence-electron chi connectivity index (χ2n) is 2.54. The van der Waals surface area contributed by atoms with Crippen molar-refractivity contribution in [3.8, 4) is 0 Å². The molecule has 1 radical (unpaired) electrons. The van der Waals surface area contributed by atoms with Gasteiger partial charge in [-0.15, -0.1) is 0 Å². The summed E-state index contributed by atoms with van der Waals surface area (Å²) in [5, 5.41) is 10.1. The second kappa shape index (κ2) is 3.56. The van der Waals surface area contributed by atoms with Crippen LogP contribution in [0.5, 0.6) is 0 Å². The highest BCUT2D eigenvalue weighted by Crippen LogP contribution is 2.08. The monoisotopic (exact) mass is 142 g/mol. The fourth-order valence-corrected chi connectivity index (χ4v) is 1.20. The summed E-state index contributed by atoms with van der Waals surface area (Å²) in [4.78, 5) is 12.7. The zero-order valence-electron chi connectivity index (χ0n) is 6.01. The van der Waals surface area contributed by atoms with Gasteiger partial charge in [-0.25, -0.2) is 5.11 Å². The molecule has 0 N–H and O–H groups in total. The summed E-state index contributed by atoms with van der Waals surface area (Å²) < 4.78 is 0. The van der Waals surface area contributed by atoms with Crippen LogP contribution in [0.15, 0.2) is 0 Å². The van der Waals surface area contributed by atoms with E-state index in [-0.39, 0.29) is 12.5 Å². The molecule has 0 aliphatic carbocycles. The molecule has 1 amide bonds. The first-order valence-corrected chi connectivity index (χ1v) is 3.70. The molecular formula is C7H12NO2. The Kier molecular flexibility index (Phi) is 2.68. The third-order valence-electron chi connectivity index (χ3n) is 1.74. The van der Waals surface area contributed by atoms with Crippen molar-refractivity contribution in [2.24, 2.45) is 0 Å². The summed E-state index contributed by atoms with van der Waals surface area (Å²) in [5.41, 5.74) is 0. The van der Waals surface area contributed by atoms with E-state index in [2.05, 4.69) is 0 Å². The van der Waals surface area contributed by atoms with Gasteiger partial charge in [0, 0.05) is 19.5 Å². The van der Waals surface area contributed by atoms with E-state index in [1.807, 2.05) is 0 Å². The molecule has 0 aromatic carbocycles. The Labute approximate surface area is 60.6 Å².